The molecule has 0 spiro atoms. The fourth-order valence-electron chi connectivity index (χ4n) is 1.60. The van der Waals surface area contributed by atoms with Gasteiger partial charge in [0, 0.05) is 12.1 Å². The average Bonchev–Trinajstić information content (AvgIpc) is 2.78. The number of non-ortho nitro benzene ring substituents is 1. The number of benzene rings is 1. The van der Waals surface area contributed by atoms with E-state index in [0.717, 1.165) is 11.6 Å². The Morgan fingerprint density at radius 3 is 2.74 bits per heavy atom. The molecule has 0 bridgehead atoms. The third-order valence-corrected chi connectivity index (χ3v) is 3.73. The second kappa shape index (κ2) is 5.54. The molecule has 0 aliphatic carbocycles. The highest BCUT2D eigenvalue weighted by molar-refractivity contribution is 7.14. The van der Waals surface area contributed by atoms with E-state index in [-0.39, 0.29) is 17.4 Å². The largest absolute Gasteiger partial charge is 0.376 e. The predicted octanol–water partition coefficient (Wildman–Crippen LogP) is 4.62. The molecule has 0 fully saturated rings. The second-order valence-corrected chi connectivity index (χ2v) is 5.51. The summed E-state index contributed by atoms with van der Waals surface area (Å²) in [6, 6.07) is 5.18. The molecule has 0 saturated carbocycles. The van der Waals surface area contributed by atoms with Crippen molar-refractivity contribution in [2.45, 2.75) is 13.0 Å². The molecule has 1 atom stereocenters. The lowest BCUT2D eigenvalue weighted by molar-refractivity contribution is -0.385. The van der Waals surface area contributed by atoms with Crippen LogP contribution >= 0.6 is 22.9 Å². The first-order valence-electron chi connectivity index (χ1n) is 5.42. The summed E-state index contributed by atoms with van der Waals surface area (Å²) in [4.78, 5) is 9.89. The summed E-state index contributed by atoms with van der Waals surface area (Å²) in [6.45, 7) is 1.86. The van der Waals surface area contributed by atoms with E-state index in [1.54, 1.807) is 6.07 Å². The number of nitrogens with one attached hydrogen (secondary N) is 1. The standard InChI is InChI=1S/C12H10ClFN2O2S/c1-7(8-4-12(13)19-6-8)15-11-3-2-9(16(17)18)5-10(11)14/h2-7,15H,1H3. The van der Waals surface area contributed by atoms with E-state index in [9.17, 15) is 14.5 Å². The van der Waals surface area contributed by atoms with E-state index in [1.165, 1.54) is 23.5 Å². The molecule has 7 heteroatoms. The Balaban J connectivity index is 2.17. The van der Waals surface area contributed by atoms with Crippen LogP contribution in [0.15, 0.2) is 29.6 Å². The monoisotopic (exact) mass is 300 g/mol. The lowest BCUT2D eigenvalue weighted by Crippen LogP contribution is -2.07. The molecule has 1 aromatic heterocycles. The van der Waals surface area contributed by atoms with E-state index >= 15 is 0 Å². The predicted molar refractivity (Wildman–Crippen MR) is 74.4 cm³/mol. The van der Waals surface area contributed by atoms with Gasteiger partial charge in [-0.05, 0) is 30.0 Å². The molecule has 0 aliphatic heterocycles. The van der Waals surface area contributed by atoms with Gasteiger partial charge in [0.15, 0.2) is 5.82 Å². The first-order chi connectivity index (χ1) is 8.97. The molecule has 1 heterocycles. The number of hydrogen-bond donors (Lipinski definition) is 1. The molecule has 0 aliphatic rings. The van der Waals surface area contributed by atoms with Gasteiger partial charge in [-0.3, -0.25) is 10.1 Å². The molecule has 2 rings (SSSR count). The summed E-state index contributed by atoms with van der Waals surface area (Å²) in [6.07, 6.45) is 0. The summed E-state index contributed by atoms with van der Waals surface area (Å²) in [5, 5.41) is 15.4. The molecule has 100 valence electrons. The molecule has 2 aromatic rings. The van der Waals surface area contributed by atoms with Crippen LogP contribution in [0.5, 0.6) is 0 Å². The lowest BCUT2D eigenvalue weighted by atomic mass is 10.1. The number of hydrogen-bond acceptors (Lipinski definition) is 4. The molecular weight excluding hydrogens is 291 g/mol. The van der Waals surface area contributed by atoms with Crippen molar-refractivity contribution in [1.82, 2.24) is 0 Å². The highest BCUT2D eigenvalue weighted by Gasteiger charge is 2.13. The molecule has 0 amide bonds. The van der Waals surface area contributed by atoms with E-state index in [4.69, 9.17) is 11.6 Å². The van der Waals surface area contributed by atoms with Gasteiger partial charge >= 0.3 is 0 Å². The van der Waals surface area contributed by atoms with Gasteiger partial charge in [0.05, 0.1) is 21.0 Å². The van der Waals surface area contributed by atoms with Gasteiger partial charge < -0.3 is 5.32 Å². The van der Waals surface area contributed by atoms with Crippen LogP contribution in [-0.2, 0) is 0 Å². The zero-order valence-corrected chi connectivity index (χ0v) is 11.5. The molecule has 19 heavy (non-hydrogen) atoms. The third-order valence-electron chi connectivity index (χ3n) is 2.62. The molecule has 0 saturated heterocycles. The zero-order chi connectivity index (χ0) is 14.0. The van der Waals surface area contributed by atoms with Gasteiger partial charge in [-0.15, -0.1) is 11.3 Å². The smallest absolute Gasteiger partial charge is 0.272 e. The number of nitro benzene ring substituents is 1. The topological polar surface area (TPSA) is 55.2 Å². The molecule has 1 N–H and O–H groups in total. The first-order valence-corrected chi connectivity index (χ1v) is 6.67. The summed E-state index contributed by atoms with van der Waals surface area (Å²) in [5.41, 5.74) is 0.891. The van der Waals surface area contributed by atoms with Gasteiger partial charge in [0.1, 0.15) is 0 Å². The molecule has 0 radical (unpaired) electrons. The van der Waals surface area contributed by atoms with Crippen LogP contribution < -0.4 is 5.32 Å². The summed E-state index contributed by atoms with van der Waals surface area (Å²) >= 11 is 7.23. The van der Waals surface area contributed by atoms with Crippen molar-refractivity contribution >= 4 is 34.3 Å². The Hall–Kier alpha value is -1.66. The maximum atomic E-state index is 13.7. The quantitative estimate of drug-likeness (QED) is 0.662. The Bertz CT molecular complexity index is 618. The van der Waals surface area contributed by atoms with Crippen molar-refractivity contribution in [1.29, 1.82) is 0 Å². The van der Waals surface area contributed by atoms with Crippen LogP contribution in [0.25, 0.3) is 0 Å². The van der Waals surface area contributed by atoms with E-state index in [2.05, 4.69) is 5.32 Å². The fraction of sp³-hybridized carbons (Fsp3) is 0.167. The van der Waals surface area contributed by atoms with Gasteiger partial charge in [-0.25, -0.2) is 4.39 Å². The summed E-state index contributed by atoms with van der Waals surface area (Å²) < 4.78 is 14.4. The number of rotatable bonds is 4. The van der Waals surface area contributed by atoms with Crippen LogP contribution in [0.4, 0.5) is 15.8 Å². The number of anilines is 1. The number of nitro groups is 1. The average molecular weight is 301 g/mol. The highest BCUT2D eigenvalue weighted by Crippen LogP contribution is 2.28. The van der Waals surface area contributed by atoms with Gasteiger partial charge in [0.2, 0.25) is 0 Å². The SMILES string of the molecule is CC(Nc1ccc([N+](=O)[O-])cc1F)c1csc(Cl)c1. The fourth-order valence-corrected chi connectivity index (χ4v) is 2.59. The summed E-state index contributed by atoms with van der Waals surface area (Å²) in [7, 11) is 0. The molecule has 1 unspecified atom stereocenters. The number of nitrogens with zero attached hydrogens (tertiary/aromatic N) is 1. The van der Waals surface area contributed by atoms with Crippen LogP contribution in [0, 0.1) is 15.9 Å². The zero-order valence-electron chi connectivity index (χ0n) is 9.89. The van der Waals surface area contributed by atoms with Crippen molar-refractivity contribution < 1.29 is 9.31 Å². The normalized spacial score (nSPS) is 12.2. The first kappa shape index (κ1) is 13.8. The minimum Gasteiger partial charge on any atom is -0.376 e. The van der Waals surface area contributed by atoms with Crippen molar-refractivity contribution in [2.75, 3.05) is 5.32 Å². The van der Waals surface area contributed by atoms with E-state index in [1.807, 2.05) is 12.3 Å². The Morgan fingerprint density at radius 1 is 1.47 bits per heavy atom. The van der Waals surface area contributed by atoms with Crippen molar-refractivity contribution in [3.8, 4) is 0 Å². The summed E-state index contributed by atoms with van der Waals surface area (Å²) in [5.74, 6) is -0.651. The Labute approximate surface area is 118 Å². The van der Waals surface area contributed by atoms with Crippen LogP contribution in [0.3, 0.4) is 0 Å². The van der Waals surface area contributed by atoms with Crippen LogP contribution in [-0.4, -0.2) is 4.92 Å². The minimum absolute atomic E-state index is 0.139. The maximum Gasteiger partial charge on any atom is 0.272 e. The number of halogens is 2. The van der Waals surface area contributed by atoms with Crippen molar-refractivity contribution in [2.24, 2.45) is 0 Å². The second-order valence-electron chi connectivity index (χ2n) is 3.97. The van der Waals surface area contributed by atoms with Crippen molar-refractivity contribution in [3.63, 3.8) is 0 Å². The number of thiophene rings is 1. The molecule has 4 nitrogen and oxygen atoms in total. The van der Waals surface area contributed by atoms with E-state index < -0.39 is 10.7 Å². The van der Waals surface area contributed by atoms with Crippen LogP contribution in [0.1, 0.15) is 18.5 Å². The van der Waals surface area contributed by atoms with E-state index in [0.29, 0.717) is 4.34 Å². The highest BCUT2D eigenvalue weighted by atomic mass is 35.5. The minimum atomic E-state index is -0.651. The Morgan fingerprint density at radius 2 is 2.21 bits per heavy atom. The maximum absolute atomic E-state index is 13.7. The lowest BCUT2D eigenvalue weighted by Gasteiger charge is -2.14. The third kappa shape index (κ3) is 3.21. The van der Waals surface area contributed by atoms with Gasteiger partial charge in [-0.1, -0.05) is 11.6 Å². The van der Waals surface area contributed by atoms with Crippen molar-refractivity contribution in [3.05, 3.63) is 55.5 Å². The molecule has 1 aromatic carbocycles. The van der Waals surface area contributed by atoms with Gasteiger partial charge in [-0.2, -0.15) is 0 Å². The molecular formula is C12H10ClFN2O2S. The van der Waals surface area contributed by atoms with Gasteiger partial charge in [0.25, 0.3) is 5.69 Å². The Kier molecular flexibility index (Phi) is 4.01. The van der Waals surface area contributed by atoms with Crippen LogP contribution in [0.2, 0.25) is 4.34 Å².